The summed E-state index contributed by atoms with van der Waals surface area (Å²) in [5.41, 5.74) is 2.07. The van der Waals surface area contributed by atoms with Crippen LogP contribution in [0.1, 0.15) is 18.1 Å². The molecule has 1 unspecified atom stereocenters. The third-order valence-electron chi connectivity index (χ3n) is 3.20. The Bertz CT molecular complexity index is 668. The first-order valence-corrected chi connectivity index (χ1v) is 6.95. The Balaban J connectivity index is 1.63. The van der Waals surface area contributed by atoms with Crippen LogP contribution < -0.4 is 5.32 Å². The molecule has 1 N–H and O–H groups in total. The molecule has 2 aromatic rings. The van der Waals surface area contributed by atoms with Crippen molar-refractivity contribution in [1.82, 2.24) is 0 Å². The van der Waals surface area contributed by atoms with Crippen LogP contribution in [-0.4, -0.2) is 11.6 Å². The number of hydrogen-bond acceptors (Lipinski definition) is 3. The molecule has 0 aliphatic carbocycles. The molecule has 1 amide bonds. The van der Waals surface area contributed by atoms with E-state index in [4.69, 9.17) is 16.4 Å². The Kier molecular flexibility index (Phi) is 3.88. The van der Waals surface area contributed by atoms with Crippen molar-refractivity contribution in [3.8, 4) is 0 Å². The van der Waals surface area contributed by atoms with Gasteiger partial charge in [0.1, 0.15) is 5.71 Å². The highest BCUT2D eigenvalue weighted by Gasteiger charge is 2.27. The van der Waals surface area contributed by atoms with Crippen LogP contribution in [0.25, 0.3) is 0 Å². The number of nitrogens with zero attached hydrogens (tertiary/aromatic N) is 1. The fourth-order valence-electron chi connectivity index (χ4n) is 2.09. The Hall–Kier alpha value is -2.33. The van der Waals surface area contributed by atoms with E-state index >= 15 is 0 Å². The maximum Gasteiger partial charge on any atom is 0.273 e. The number of hydrogen-bond donors (Lipinski definition) is 1. The van der Waals surface area contributed by atoms with Crippen LogP contribution in [0.5, 0.6) is 0 Å². The van der Waals surface area contributed by atoms with Crippen LogP contribution in [0.2, 0.25) is 5.02 Å². The minimum Gasteiger partial charge on any atom is -0.387 e. The minimum absolute atomic E-state index is 0.197. The van der Waals surface area contributed by atoms with Crippen molar-refractivity contribution in [3.05, 3.63) is 65.2 Å². The maximum atomic E-state index is 12.1. The monoisotopic (exact) mass is 300 g/mol. The second kappa shape index (κ2) is 5.97. The van der Waals surface area contributed by atoms with E-state index in [2.05, 4.69) is 10.5 Å². The van der Waals surface area contributed by atoms with Crippen molar-refractivity contribution in [3.63, 3.8) is 0 Å². The lowest BCUT2D eigenvalue weighted by Crippen LogP contribution is -2.21. The maximum absolute atomic E-state index is 12.1. The second-order valence-electron chi connectivity index (χ2n) is 4.71. The first kappa shape index (κ1) is 13.6. The molecule has 0 spiro atoms. The number of rotatable bonds is 3. The minimum atomic E-state index is -0.254. The Morgan fingerprint density at radius 2 is 1.86 bits per heavy atom. The van der Waals surface area contributed by atoms with Gasteiger partial charge in [-0.2, -0.15) is 0 Å². The summed E-state index contributed by atoms with van der Waals surface area (Å²) >= 11 is 5.81. The molecule has 0 fully saturated rings. The first-order valence-electron chi connectivity index (χ1n) is 6.57. The van der Waals surface area contributed by atoms with Gasteiger partial charge in [-0.25, -0.2) is 0 Å². The van der Waals surface area contributed by atoms with Crippen molar-refractivity contribution in [1.29, 1.82) is 0 Å². The Morgan fingerprint density at radius 1 is 1.14 bits per heavy atom. The third-order valence-corrected chi connectivity index (χ3v) is 3.46. The molecule has 1 aliphatic rings. The molecule has 4 nitrogen and oxygen atoms in total. The van der Waals surface area contributed by atoms with E-state index in [-0.39, 0.29) is 12.0 Å². The predicted molar refractivity (Wildman–Crippen MR) is 82.4 cm³/mol. The van der Waals surface area contributed by atoms with Gasteiger partial charge >= 0.3 is 0 Å². The summed E-state index contributed by atoms with van der Waals surface area (Å²) < 4.78 is 0. The molecular formula is C16H13ClN2O2. The number of oxime groups is 1. The molecule has 5 heteroatoms. The van der Waals surface area contributed by atoms with E-state index in [1.54, 1.807) is 24.3 Å². The molecule has 1 atom stereocenters. The second-order valence-corrected chi connectivity index (χ2v) is 5.14. The molecule has 1 aliphatic heterocycles. The highest BCUT2D eigenvalue weighted by molar-refractivity contribution is 6.43. The smallest absolute Gasteiger partial charge is 0.273 e. The number of nitrogens with one attached hydrogen (secondary N) is 1. The van der Waals surface area contributed by atoms with Gasteiger partial charge in [-0.15, -0.1) is 0 Å². The standard InChI is InChI=1S/C16H13ClN2O2/c17-12-6-8-13(9-7-12)18-16(20)14-10-15(21-19-14)11-4-2-1-3-5-11/h1-9,15H,10H2,(H,18,20). The van der Waals surface area contributed by atoms with Gasteiger partial charge in [-0.3, -0.25) is 4.79 Å². The summed E-state index contributed by atoms with van der Waals surface area (Å²) in [6.45, 7) is 0. The van der Waals surface area contributed by atoms with Gasteiger partial charge in [0, 0.05) is 17.1 Å². The fraction of sp³-hybridized carbons (Fsp3) is 0.125. The molecule has 0 saturated carbocycles. The van der Waals surface area contributed by atoms with Gasteiger partial charge in [0.25, 0.3) is 5.91 Å². The summed E-state index contributed by atoms with van der Waals surface area (Å²) in [6.07, 6.45) is 0.265. The van der Waals surface area contributed by atoms with E-state index < -0.39 is 0 Å². The summed E-state index contributed by atoms with van der Waals surface area (Å²) in [5.74, 6) is -0.254. The lowest BCUT2D eigenvalue weighted by molar-refractivity contribution is -0.110. The van der Waals surface area contributed by atoms with E-state index in [9.17, 15) is 4.79 Å². The van der Waals surface area contributed by atoms with Crippen LogP contribution in [-0.2, 0) is 9.63 Å². The van der Waals surface area contributed by atoms with Gasteiger partial charge in [0.05, 0.1) is 0 Å². The van der Waals surface area contributed by atoms with Crippen molar-refractivity contribution in [2.45, 2.75) is 12.5 Å². The average molecular weight is 301 g/mol. The van der Waals surface area contributed by atoms with Crippen molar-refractivity contribution in [2.24, 2.45) is 5.16 Å². The zero-order valence-corrected chi connectivity index (χ0v) is 11.9. The van der Waals surface area contributed by atoms with E-state index in [0.717, 1.165) is 5.56 Å². The van der Waals surface area contributed by atoms with Gasteiger partial charge in [0.15, 0.2) is 6.10 Å². The molecule has 0 radical (unpaired) electrons. The molecule has 0 aromatic heterocycles. The van der Waals surface area contributed by atoms with Gasteiger partial charge in [-0.1, -0.05) is 47.1 Å². The Morgan fingerprint density at radius 3 is 2.57 bits per heavy atom. The lowest BCUT2D eigenvalue weighted by atomic mass is 10.0. The van der Waals surface area contributed by atoms with E-state index in [0.29, 0.717) is 22.8 Å². The normalized spacial score (nSPS) is 17.0. The number of anilines is 1. The highest BCUT2D eigenvalue weighted by Crippen LogP contribution is 2.27. The van der Waals surface area contributed by atoms with Crippen LogP contribution in [0, 0.1) is 0 Å². The SMILES string of the molecule is O=C(Nc1ccc(Cl)cc1)C1=NOC(c2ccccc2)C1. The summed E-state index contributed by atoms with van der Waals surface area (Å²) in [6, 6.07) is 16.6. The van der Waals surface area contributed by atoms with Crippen molar-refractivity contribution in [2.75, 3.05) is 5.32 Å². The molecule has 21 heavy (non-hydrogen) atoms. The molecule has 3 rings (SSSR count). The topological polar surface area (TPSA) is 50.7 Å². The van der Waals surface area contributed by atoms with Crippen LogP contribution >= 0.6 is 11.6 Å². The molecule has 0 saturated heterocycles. The van der Waals surface area contributed by atoms with Crippen LogP contribution in [0.15, 0.2) is 59.8 Å². The van der Waals surface area contributed by atoms with E-state index in [1.807, 2.05) is 30.3 Å². The summed E-state index contributed by atoms with van der Waals surface area (Å²) in [4.78, 5) is 17.5. The molecule has 1 heterocycles. The first-order chi connectivity index (χ1) is 10.2. The number of amides is 1. The number of carbonyl (C=O) groups excluding carboxylic acids is 1. The number of benzene rings is 2. The quantitative estimate of drug-likeness (QED) is 0.937. The molecule has 106 valence electrons. The van der Waals surface area contributed by atoms with Crippen molar-refractivity contribution >= 4 is 28.9 Å². The zero-order chi connectivity index (χ0) is 14.7. The lowest BCUT2D eigenvalue weighted by Gasteiger charge is -2.07. The number of halogens is 1. The largest absolute Gasteiger partial charge is 0.387 e. The average Bonchev–Trinajstić information content (AvgIpc) is 3.00. The fourth-order valence-corrected chi connectivity index (χ4v) is 2.22. The third kappa shape index (κ3) is 3.23. The van der Waals surface area contributed by atoms with E-state index in [1.165, 1.54) is 0 Å². The Labute approximate surface area is 127 Å². The molecule has 0 bridgehead atoms. The summed E-state index contributed by atoms with van der Waals surface area (Å²) in [7, 11) is 0. The molecule has 2 aromatic carbocycles. The summed E-state index contributed by atoms with van der Waals surface area (Å²) in [5, 5.41) is 7.28. The van der Waals surface area contributed by atoms with Crippen LogP contribution in [0.3, 0.4) is 0 Å². The molecular weight excluding hydrogens is 288 g/mol. The van der Waals surface area contributed by atoms with Gasteiger partial charge in [-0.05, 0) is 29.8 Å². The van der Waals surface area contributed by atoms with Gasteiger partial charge in [0.2, 0.25) is 0 Å². The highest BCUT2D eigenvalue weighted by atomic mass is 35.5. The van der Waals surface area contributed by atoms with Gasteiger partial charge < -0.3 is 10.2 Å². The number of carbonyl (C=O) groups is 1. The van der Waals surface area contributed by atoms with Crippen molar-refractivity contribution < 1.29 is 9.63 Å². The predicted octanol–water partition coefficient (Wildman–Crippen LogP) is 3.80. The van der Waals surface area contributed by atoms with Crippen LogP contribution in [0.4, 0.5) is 5.69 Å². The zero-order valence-electron chi connectivity index (χ0n) is 11.1.